The summed E-state index contributed by atoms with van der Waals surface area (Å²) in [6.45, 7) is 8.26. The molecule has 0 aromatic rings. The Morgan fingerprint density at radius 3 is 2.00 bits per heavy atom. The van der Waals surface area contributed by atoms with Crippen LogP contribution in [-0.4, -0.2) is 61.6 Å². The average molecular weight is 372 g/mol. The molecule has 1 saturated heterocycles. The van der Waals surface area contributed by atoms with Crippen LogP contribution in [0.3, 0.4) is 0 Å². The monoisotopic (exact) mass is 371 g/mol. The third-order valence-corrected chi connectivity index (χ3v) is 6.83. The molecule has 2 heterocycles. The van der Waals surface area contributed by atoms with Crippen LogP contribution in [0.15, 0.2) is 23.9 Å². The van der Waals surface area contributed by atoms with Gasteiger partial charge in [0, 0.05) is 50.3 Å². The molecule has 0 aromatic carbocycles. The van der Waals surface area contributed by atoms with Gasteiger partial charge in [-0.1, -0.05) is 37.8 Å². The third kappa shape index (κ3) is 4.83. The average Bonchev–Trinajstić information content (AvgIpc) is 2.70. The number of allylic oxidation sites excluding steroid dienone is 2. The molecule has 2 aliphatic heterocycles. The zero-order valence-electron chi connectivity index (χ0n) is 16.7. The maximum Gasteiger partial charge on any atom is 0.113 e. The lowest BCUT2D eigenvalue weighted by Gasteiger charge is -2.35. The van der Waals surface area contributed by atoms with E-state index in [0.29, 0.717) is 24.2 Å². The second-order valence-corrected chi connectivity index (χ2v) is 8.60. The molecule has 5 heteroatoms. The standard InChI is InChI=1S/C22H37N5/c1-27-17-7-6-8-18(27)16-26-22-12-5-3-10-20(22)24-14-13-23-19-9-2-4-11-21(19)25-15-17/h6-8,19-26H,1-5,9-16H2/t19-,20-,21-,22-/m0/s1. The van der Waals surface area contributed by atoms with Gasteiger partial charge in [0.1, 0.15) is 11.7 Å². The van der Waals surface area contributed by atoms with Crippen LogP contribution in [0.4, 0.5) is 0 Å². The molecule has 5 nitrogen and oxygen atoms in total. The van der Waals surface area contributed by atoms with Crippen LogP contribution in [0.25, 0.3) is 0 Å². The Balaban J connectivity index is 1.47. The summed E-state index contributed by atoms with van der Waals surface area (Å²) >= 11 is 0. The van der Waals surface area contributed by atoms with Crippen molar-refractivity contribution in [3.8, 4) is 0 Å². The molecular weight excluding hydrogens is 334 g/mol. The lowest BCUT2D eigenvalue weighted by atomic mass is 9.89. The highest BCUT2D eigenvalue weighted by Gasteiger charge is 2.28. The molecule has 0 aromatic heterocycles. The van der Waals surface area contributed by atoms with Crippen molar-refractivity contribution < 1.29 is 4.58 Å². The Morgan fingerprint density at radius 2 is 1.37 bits per heavy atom. The second-order valence-electron chi connectivity index (χ2n) is 8.60. The SMILES string of the molecule is C=[N+]1C2=CC=C[C-]1CN[C@H]1CCCC[C@@H]1NCCN[C@H]1CCCC[C@@H]1NC2. The molecule has 0 radical (unpaired) electrons. The van der Waals surface area contributed by atoms with Crippen molar-refractivity contribution in [1.29, 1.82) is 0 Å². The van der Waals surface area contributed by atoms with Gasteiger partial charge < -0.3 is 21.3 Å². The maximum absolute atomic E-state index is 4.34. The molecule has 4 N–H and O–H groups in total. The summed E-state index contributed by atoms with van der Waals surface area (Å²) in [5, 5.41) is 15.3. The van der Waals surface area contributed by atoms with Crippen molar-refractivity contribution >= 4 is 6.72 Å². The van der Waals surface area contributed by atoms with E-state index in [1.807, 2.05) is 0 Å². The quantitative estimate of drug-likeness (QED) is 0.387. The number of nitrogens with one attached hydrogen (secondary N) is 4. The van der Waals surface area contributed by atoms with E-state index >= 15 is 0 Å². The molecular formula is C22H37N5. The summed E-state index contributed by atoms with van der Waals surface area (Å²) in [5.41, 5.74) is 1.27. The van der Waals surface area contributed by atoms with E-state index in [2.05, 4.69) is 50.8 Å². The van der Waals surface area contributed by atoms with Gasteiger partial charge in [-0.25, -0.2) is 0 Å². The molecule has 3 fully saturated rings. The zero-order valence-corrected chi connectivity index (χ0v) is 16.7. The van der Waals surface area contributed by atoms with Crippen LogP contribution in [0.5, 0.6) is 0 Å². The first kappa shape index (κ1) is 19.2. The van der Waals surface area contributed by atoms with Crippen LogP contribution >= 0.6 is 0 Å². The van der Waals surface area contributed by atoms with E-state index in [0.717, 1.165) is 26.2 Å². The van der Waals surface area contributed by atoms with Crippen molar-refractivity contribution in [1.82, 2.24) is 21.3 Å². The van der Waals surface area contributed by atoms with Crippen molar-refractivity contribution in [3.63, 3.8) is 0 Å². The predicted octanol–water partition coefficient (Wildman–Crippen LogP) is 1.68. The maximum atomic E-state index is 4.34. The van der Waals surface area contributed by atoms with E-state index in [1.165, 1.54) is 63.1 Å². The highest BCUT2D eigenvalue weighted by molar-refractivity contribution is 5.28. The minimum absolute atomic E-state index is 0.563. The van der Waals surface area contributed by atoms with Gasteiger partial charge in [-0.05, 0) is 25.7 Å². The summed E-state index contributed by atoms with van der Waals surface area (Å²) in [5.74, 6) is 0. The number of nitrogens with zero attached hydrogens (tertiary/aromatic N) is 1. The number of hydrogen-bond acceptors (Lipinski definition) is 4. The van der Waals surface area contributed by atoms with Gasteiger partial charge >= 0.3 is 0 Å². The van der Waals surface area contributed by atoms with Crippen molar-refractivity contribution in [2.75, 3.05) is 26.2 Å². The highest BCUT2D eigenvalue weighted by atomic mass is 15.1. The van der Waals surface area contributed by atoms with E-state index in [9.17, 15) is 0 Å². The van der Waals surface area contributed by atoms with Gasteiger partial charge in [0.25, 0.3) is 0 Å². The number of hydrogen-bond donors (Lipinski definition) is 4. The first-order chi connectivity index (χ1) is 13.3. The van der Waals surface area contributed by atoms with Crippen molar-refractivity contribution in [2.45, 2.75) is 75.5 Å². The molecule has 0 amide bonds. The number of fused-ring (bicyclic) bond motifs is 4. The van der Waals surface area contributed by atoms with E-state index in [-0.39, 0.29) is 0 Å². The zero-order chi connectivity index (χ0) is 18.5. The smallest absolute Gasteiger partial charge is 0.113 e. The van der Waals surface area contributed by atoms with Crippen LogP contribution < -0.4 is 21.3 Å². The molecule has 4 rings (SSSR count). The Bertz CT molecular complexity index is 569. The van der Waals surface area contributed by atoms with E-state index in [1.54, 1.807) is 0 Å². The summed E-state index contributed by atoms with van der Waals surface area (Å²) in [6.07, 6.45) is 17.1. The highest BCUT2D eigenvalue weighted by Crippen LogP contribution is 2.22. The minimum Gasteiger partial charge on any atom is -0.311 e. The molecule has 150 valence electrons. The largest absolute Gasteiger partial charge is 0.311 e. The van der Waals surface area contributed by atoms with Gasteiger partial charge in [0.05, 0.1) is 6.72 Å². The van der Waals surface area contributed by atoms with Crippen LogP contribution in [0.2, 0.25) is 0 Å². The fraction of sp³-hybridized carbons (Fsp3) is 0.727. The van der Waals surface area contributed by atoms with Gasteiger partial charge in [0.15, 0.2) is 0 Å². The molecule has 0 spiro atoms. The summed E-state index contributed by atoms with van der Waals surface area (Å²) in [7, 11) is 0. The van der Waals surface area contributed by atoms with Crippen molar-refractivity contribution in [2.24, 2.45) is 0 Å². The van der Waals surface area contributed by atoms with Gasteiger partial charge in [-0.2, -0.15) is 0 Å². The lowest BCUT2D eigenvalue weighted by Crippen LogP contribution is -2.54. The summed E-state index contributed by atoms with van der Waals surface area (Å²) < 4.78 is 2.14. The molecule has 2 aliphatic carbocycles. The molecule has 2 bridgehead atoms. The normalized spacial score (nSPS) is 36.1. The topological polar surface area (TPSA) is 51.1 Å². The first-order valence-electron chi connectivity index (χ1n) is 11.1. The van der Waals surface area contributed by atoms with Crippen LogP contribution in [0.1, 0.15) is 51.4 Å². The fourth-order valence-electron chi connectivity index (χ4n) is 5.17. The molecule has 4 aliphatic rings. The molecule has 27 heavy (non-hydrogen) atoms. The van der Waals surface area contributed by atoms with Gasteiger partial charge in [-0.3, -0.25) is 4.58 Å². The third-order valence-electron chi connectivity index (χ3n) is 6.83. The first-order valence-corrected chi connectivity index (χ1v) is 11.1. The Kier molecular flexibility index (Phi) is 6.66. The Hall–Kier alpha value is -1.14. The predicted molar refractivity (Wildman–Crippen MR) is 112 cm³/mol. The fourth-order valence-corrected chi connectivity index (χ4v) is 5.17. The minimum atomic E-state index is 0.563. The molecule has 0 unspecified atom stereocenters. The Morgan fingerprint density at radius 1 is 0.815 bits per heavy atom. The van der Waals surface area contributed by atoms with Gasteiger partial charge in [-0.15, -0.1) is 6.08 Å². The molecule has 2 saturated carbocycles. The number of rotatable bonds is 0. The summed E-state index contributed by atoms with van der Waals surface area (Å²) in [6, 6.07) is 3.58. The molecule has 4 atom stereocenters. The van der Waals surface area contributed by atoms with E-state index < -0.39 is 0 Å². The Labute approximate surface area is 164 Å². The summed E-state index contributed by atoms with van der Waals surface area (Å²) in [4.78, 5) is 0. The van der Waals surface area contributed by atoms with Crippen LogP contribution in [0, 0.1) is 6.04 Å². The second kappa shape index (κ2) is 9.37. The van der Waals surface area contributed by atoms with E-state index in [4.69, 9.17) is 0 Å². The van der Waals surface area contributed by atoms with Crippen LogP contribution in [-0.2, 0) is 0 Å². The van der Waals surface area contributed by atoms with Crippen molar-refractivity contribution in [3.05, 3.63) is 30.0 Å². The lowest BCUT2D eigenvalue weighted by molar-refractivity contribution is -0.447. The van der Waals surface area contributed by atoms with Gasteiger partial charge in [0.2, 0.25) is 0 Å².